The van der Waals surface area contributed by atoms with Crippen molar-refractivity contribution in [2.45, 2.75) is 6.42 Å². The number of nitrogens with one attached hydrogen (secondary N) is 1. The number of nitrogens with zero attached hydrogens (tertiary/aromatic N) is 2. The van der Waals surface area contributed by atoms with Crippen molar-refractivity contribution >= 4 is 28.1 Å². The first kappa shape index (κ1) is 10.8. The van der Waals surface area contributed by atoms with Crippen LogP contribution in [-0.4, -0.2) is 32.2 Å². The highest BCUT2D eigenvalue weighted by molar-refractivity contribution is 7.14. The maximum absolute atomic E-state index is 5.73. The van der Waals surface area contributed by atoms with E-state index in [0.717, 1.165) is 24.6 Å². The zero-order valence-corrected chi connectivity index (χ0v) is 9.45. The first-order valence-electron chi connectivity index (χ1n) is 4.21. The SMILES string of the molecule is CNCCCN(C)c1nc(Cl)cs1. The Balaban J connectivity index is 2.35. The molecule has 0 saturated heterocycles. The van der Waals surface area contributed by atoms with Gasteiger partial charge in [0.05, 0.1) is 0 Å². The highest BCUT2D eigenvalue weighted by atomic mass is 35.5. The van der Waals surface area contributed by atoms with Gasteiger partial charge in [-0.1, -0.05) is 11.6 Å². The third kappa shape index (κ3) is 3.50. The molecule has 0 spiro atoms. The molecule has 1 heterocycles. The number of thiazole rings is 1. The van der Waals surface area contributed by atoms with E-state index in [2.05, 4.69) is 15.2 Å². The molecule has 0 fully saturated rings. The van der Waals surface area contributed by atoms with E-state index < -0.39 is 0 Å². The molecule has 0 aliphatic rings. The molecule has 1 N–H and O–H groups in total. The van der Waals surface area contributed by atoms with Crippen LogP contribution in [-0.2, 0) is 0 Å². The second-order valence-corrected chi connectivity index (χ2v) is 4.06. The fourth-order valence-electron chi connectivity index (χ4n) is 1.01. The van der Waals surface area contributed by atoms with E-state index in [1.165, 1.54) is 0 Å². The van der Waals surface area contributed by atoms with Gasteiger partial charge in [-0.15, -0.1) is 11.3 Å². The molecule has 13 heavy (non-hydrogen) atoms. The molecular weight excluding hydrogens is 206 g/mol. The van der Waals surface area contributed by atoms with Gasteiger partial charge in [0.2, 0.25) is 0 Å². The Morgan fingerprint density at radius 3 is 3.00 bits per heavy atom. The van der Waals surface area contributed by atoms with Crippen LogP contribution in [0.3, 0.4) is 0 Å². The average molecular weight is 220 g/mol. The summed E-state index contributed by atoms with van der Waals surface area (Å²) in [6, 6.07) is 0. The fraction of sp³-hybridized carbons (Fsp3) is 0.625. The average Bonchev–Trinajstić information content (AvgIpc) is 2.52. The summed E-state index contributed by atoms with van der Waals surface area (Å²) in [6.07, 6.45) is 1.12. The molecule has 0 aliphatic carbocycles. The lowest BCUT2D eigenvalue weighted by Crippen LogP contribution is -2.21. The third-order valence-corrected chi connectivity index (χ3v) is 2.99. The molecule has 0 radical (unpaired) electrons. The molecule has 0 unspecified atom stereocenters. The van der Waals surface area contributed by atoms with Crippen LogP contribution in [0, 0.1) is 0 Å². The van der Waals surface area contributed by atoms with Gasteiger partial charge >= 0.3 is 0 Å². The number of hydrogen-bond donors (Lipinski definition) is 1. The first-order valence-corrected chi connectivity index (χ1v) is 5.46. The zero-order chi connectivity index (χ0) is 9.68. The number of anilines is 1. The predicted octanol–water partition coefficient (Wildman–Crippen LogP) is 1.84. The highest BCUT2D eigenvalue weighted by Crippen LogP contribution is 2.21. The van der Waals surface area contributed by atoms with Crippen LogP contribution in [0.15, 0.2) is 5.38 Å². The fourth-order valence-corrected chi connectivity index (χ4v) is 1.95. The molecule has 0 amide bonds. The van der Waals surface area contributed by atoms with Crippen LogP contribution >= 0.6 is 22.9 Å². The number of halogens is 1. The van der Waals surface area contributed by atoms with Crippen LogP contribution < -0.4 is 10.2 Å². The highest BCUT2D eigenvalue weighted by Gasteiger charge is 2.04. The molecule has 1 rings (SSSR count). The van der Waals surface area contributed by atoms with E-state index in [0.29, 0.717) is 5.15 Å². The monoisotopic (exact) mass is 219 g/mol. The van der Waals surface area contributed by atoms with E-state index in [1.807, 2.05) is 19.5 Å². The van der Waals surface area contributed by atoms with E-state index in [-0.39, 0.29) is 0 Å². The smallest absolute Gasteiger partial charge is 0.186 e. The Kier molecular flexibility index (Phi) is 4.48. The van der Waals surface area contributed by atoms with Crippen LogP contribution in [0.4, 0.5) is 5.13 Å². The number of aromatic nitrogens is 1. The Morgan fingerprint density at radius 1 is 1.69 bits per heavy atom. The van der Waals surface area contributed by atoms with Gasteiger partial charge < -0.3 is 10.2 Å². The van der Waals surface area contributed by atoms with Gasteiger partial charge in [0.25, 0.3) is 0 Å². The summed E-state index contributed by atoms with van der Waals surface area (Å²) < 4.78 is 0. The molecule has 0 atom stereocenters. The van der Waals surface area contributed by atoms with Gasteiger partial charge in [-0.2, -0.15) is 0 Å². The Hall–Kier alpha value is -0.320. The molecule has 0 aliphatic heterocycles. The molecule has 3 nitrogen and oxygen atoms in total. The normalized spacial score (nSPS) is 10.4. The van der Waals surface area contributed by atoms with E-state index in [9.17, 15) is 0 Å². The van der Waals surface area contributed by atoms with Crippen molar-refractivity contribution in [1.82, 2.24) is 10.3 Å². The lowest BCUT2D eigenvalue weighted by Gasteiger charge is -2.14. The second kappa shape index (κ2) is 5.42. The summed E-state index contributed by atoms with van der Waals surface area (Å²) in [5.74, 6) is 0. The Morgan fingerprint density at radius 2 is 2.46 bits per heavy atom. The summed E-state index contributed by atoms with van der Waals surface area (Å²) in [6.45, 7) is 2.04. The quantitative estimate of drug-likeness (QED) is 0.767. The van der Waals surface area contributed by atoms with Gasteiger partial charge in [0.1, 0.15) is 5.15 Å². The zero-order valence-electron chi connectivity index (χ0n) is 7.88. The van der Waals surface area contributed by atoms with E-state index in [4.69, 9.17) is 11.6 Å². The van der Waals surface area contributed by atoms with Crippen molar-refractivity contribution in [2.24, 2.45) is 0 Å². The maximum Gasteiger partial charge on any atom is 0.186 e. The molecule has 1 aromatic rings. The van der Waals surface area contributed by atoms with Crippen molar-refractivity contribution in [3.8, 4) is 0 Å². The lowest BCUT2D eigenvalue weighted by atomic mass is 10.4. The van der Waals surface area contributed by atoms with Crippen molar-refractivity contribution in [3.05, 3.63) is 10.5 Å². The lowest BCUT2D eigenvalue weighted by molar-refractivity contribution is 0.712. The minimum Gasteiger partial charge on any atom is -0.351 e. The van der Waals surface area contributed by atoms with Crippen LogP contribution in [0.5, 0.6) is 0 Å². The second-order valence-electron chi connectivity index (χ2n) is 2.83. The largest absolute Gasteiger partial charge is 0.351 e. The van der Waals surface area contributed by atoms with E-state index in [1.54, 1.807) is 11.3 Å². The van der Waals surface area contributed by atoms with Crippen LogP contribution in [0.25, 0.3) is 0 Å². The topological polar surface area (TPSA) is 28.2 Å². The molecule has 0 saturated carbocycles. The first-order chi connectivity index (χ1) is 6.24. The van der Waals surface area contributed by atoms with Gasteiger partial charge in [0.15, 0.2) is 5.13 Å². The number of hydrogen-bond acceptors (Lipinski definition) is 4. The van der Waals surface area contributed by atoms with Gasteiger partial charge in [-0.05, 0) is 20.0 Å². The Labute approximate surface area is 87.7 Å². The van der Waals surface area contributed by atoms with Crippen molar-refractivity contribution < 1.29 is 0 Å². The third-order valence-electron chi connectivity index (χ3n) is 1.71. The molecule has 0 bridgehead atoms. The van der Waals surface area contributed by atoms with Crippen LogP contribution in [0.1, 0.15) is 6.42 Å². The minimum atomic E-state index is 0.584. The van der Waals surface area contributed by atoms with Gasteiger partial charge in [0, 0.05) is 19.0 Å². The Bertz CT molecular complexity index is 251. The molecule has 0 aromatic carbocycles. The summed E-state index contributed by atoms with van der Waals surface area (Å²) in [5.41, 5.74) is 0. The molecular formula is C8H14ClN3S. The van der Waals surface area contributed by atoms with Crippen molar-refractivity contribution in [3.63, 3.8) is 0 Å². The summed E-state index contributed by atoms with van der Waals surface area (Å²) in [4.78, 5) is 6.30. The molecule has 1 aromatic heterocycles. The standard InChI is InChI=1S/C8H14ClN3S/c1-10-4-3-5-12(2)8-11-7(9)6-13-8/h6,10H,3-5H2,1-2H3. The maximum atomic E-state index is 5.73. The number of rotatable bonds is 5. The van der Waals surface area contributed by atoms with E-state index >= 15 is 0 Å². The minimum absolute atomic E-state index is 0.584. The van der Waals surface area contributed by atoms with Gasteiger partial charge in [-0.25, -0.2) is 4.98 Å². The summed E-state index contributed by atoms with van der Waals surface area (Å²) in [5, 5.41) is 6.53. The molecule has 5 heteroatoms. The van der Waals surface area contributed by atoms with Gasteiger partial charge in [-0.3, -0.25) is 0 Å². The summed E-state index contributed by atoms with van der Waals surface area (Å²) in [7, 11) is 3.99. The van der Waals surface area contributed by atoms with Crippen molar-refractivity contribution in [2.75, 3.05) is 32.1 Å². The predicted molar refractivity (Wildman–Crippen MR) is 58.9 cm³/mol. The molecule has 74 valence electrons. The summed E-state index contributed by atoms with van der Waals surface area (Å²) >= 11 is 7.30. The van der Waals surface area contributed by atoms with Crippen molar-refractivity contribution in [1.29, 1.82) is 0 Å². The van der Waals surface area contributed by atoms with Crippen LogP contribution in [0.2, 0.25) is 5.15 Å².